The molecule has 0 saturated carbocycles. The van der Waals surface area contributed by atoms with Gasteiger partial charge in [0, 0.05) is 12.1 Å². The normalized spacial score (nSPS) is 12.3. The van der Waals surface area contributed by atoms with Gasteiger partial charge in [0.05, 0.1) is 25.6 Å². The largest absolute Gasteiger partial charge is 0.495 e. The molecule has 170 valence electrons. The van der Waals surface area contributed by atoms with Crippen LogP contribution in [0.2, 0.25) is 0 Å². The van der Waals surface area contributed by atoms with Crippen LogP contribution in [0.25, 0.3) is 0 Å². The molecule has 0 aliphatic rings. The zero-order valence-electron chi connectivity index (χ0n) is 18.9. The lowest BCUT2D eigenvalue weighted by atomic mass is 9.99. The van der Waals surface area contributed by atoms with Gasteiger partial charge in [-0.3, -0.25) is 9.10 Å². The predicted molar refractivity (Wildman–Crippen MR) is 126 cm³/mol. The zero-order chi connectivity index (χ0) is 22.9. The summed E-state index contributed by atoms with van der Waals surface area (Å²) in [5, 5.41) is 3.02. The number of ether oxygens (including phenoxy) is 1. The Kier molecular flexibility index (Phi) is 9.37. The third-order valence-electron chi connectivity index (χ3n) is 5.39. The Bertz CT molecular complexity index is 942. The number of unbranched alkanes of at least 4 members (excludes halogenated alkanes) is 1. The minimum absolute atomic E-state index is 0.105. The van der Waals surface area contributed by atoms with Crippen LogP contribution in [0.1, 0.15) is 55.5 Å². The fourth-order valence-electron chi connectivity index (χ4n) is 3.43. The minimum Gasteiger partial charge on any atom is -0.495 e. The summed E-state index contributed by atoms with van der Waals surface area (Å²) in [5.41, 5.74) is 1.83. The molecule has 0 bridgehead atoms. The Morgan fingerprint density at radius 3 is 2.35 bits per heavy atom. The van der Waals surface area contributed by atoms with Crippen molar-refractivity contribution >= 4 is 21.6 Å². The lowest BCUT2D eigenvalue weighted by Gasteiger charge is -2.24. The highest BCUT2D eigenvalue weighted by molar-refractivity contribution is 7.92. The van der Waals surface area contributed by atoms with E-state index < -0.39 is 10.0 Å². The van der Waals surface area contributed by atoms with Gasteiger partial charge >= 0.3 is 0 Å². The van der Waals surface area contributed by atoms with E-state index in [-0.39, 0.29) is 12.5 Å². The van der Waals surface area contributed by atoms with Crippen molar-refractivity contribution in [1.82, 2.24) is 5.32 Å². The monoisotopic (exact) mass is 446 g/mol. The highest BCUT2D eigenvalue weighted by atomic mass is 32.2. The molecule has 1 amide bonds. The molecule has 0 aliphatic carbocycles. The number of nitrogens with zero attached hydrogens (tertiary/aromatic N) is 1. The van der Waals surface area contributed by atoms with Gasteiger partial charge in [0.1, 0.15) is 5.75 Å². The fraction of sp³-hybridized carbons (Fsp3) is 0.458. The van der Waals surface area contributed by atoms with Crippen molar-refractivity contribution in [2.75, 3.05) is 24.2 Å². The highest BCUT2D eigenvalue weighted by Gasteiger charge is 2.21. The Morgan fingerprint density at radius 2 is 1.77 bits per heavy atom. The number of rotatable bonds is 12. The smallest absolute Gasteiger partial charge is 0.251 e. The van der Waals surface area contributed by atoms with Crippen LogP contribution in [0.3, 0.4) is 0 Å². The standard InChI is InChI=1S/C24H34N2O4S/c1-5-7-10-19(6-2)17-25-24(27)21-15-13-20(14-16-21)18-26(31(4,28)29)22-11-8-9-12-23(22)30-3/h8-9,11-16,19H,5-7,10,17-18H2,1-4H3,(H,25,27)/t19-/m0/s1. The van der Waals surface area contributed by atoms with Crippen LogP contribution in [0, 0.1) is 5.92 Å². The van der Waals surface area contributed by atoms with E-state index in [0.29, 0.717) is 29.5 Å². The van der Waals surface area contributed by atoms with Crippen molar-refractivity contribution in [2.45, 2.75) is 46.1 Å². The van der Waals surface area contributed by atoms with Crippen LogP contribution in [-0.4, -0.2) is 34.2 Å². The summed E-state index contributed by atoms with van der Waals surface area (Å²) in [6.45, 7) is 5.14. The van der Waals surface area contributed by atoms with Crippen LogP contribution < -0.4 is 14.4 Å². The molecule has 2 aromatic rings. The van der Waals surface area contributed by atoms with Gasteiger partial charge in [-0.2, -0.15) is 0 Å². The third kappa shape index (κ3) is 7.28. The van der Waals surface area contributed by atoms with Crippen LogP contribution in [0.4, 0.5) is 5.69 Å². The molecule has 2 aromatic carbocycles. The molecular weight excluding hydrogens is 412 g/mol. The van der Waals surface area contributed by atoms with Crippen LogP contribution in [0.5, 0.6) is 5.75 Å². The van der Waals surface area contributed by atoms with E-state index in [2.05, 4.69) is 19.2 Å². The van der Waals surface area contributed by atoms with Gasteiger partial charge < -0.3 is 10.1 Å². The topological polar surface area (TPSA) is 75.7 Å². The van der Waals surface area contributed by atoms with Crippen molar-refractivity contribution in [1.29, 1.82) is 0 Å². The average Bonchev–Trinajstić information content (AvgIpc) is 2.77. The lowest BCUT2D eigenvalue weighted by Crippen LogP contribution is -2.30. The first-order valence-corrected chi connectivity index (χ1v) is 12.6. The van der Waals surface area contributed by atoms with Crippen LogP contribution in [-0.2, 0) is 16.6 Å². The molecular formula is C24H34N2O4S. The molecule has 0 radical (unpaired) electrons. The fourth-order valence-corrected chi connectivity index (χ4v) is 4.32. The van der Waals surface area contributed by atoms with E-state index in [1.807, 2.05) is 0 Å². The van der Waals surface area contributed by atoms with Gasteiger partial charge in [-0.05, 0) is 42.2 Å². The third-order valence-corrected chi connectivity index (χ3v) is 6.52. The van der Waals surface area contributed by atoms with Gasteiger partial charge in [-0.25, -0.2) is 8.42 Å². The van der Waals surface area contributed by atoms with E-state index in [9.17, 15) is 13.2 Å². The summed E-state index contributed by atoms with van der Waals surface area (Å²) in [6.07, 6.45) is 5.67. The van der Waals surface area contributed by atoms with Gasteiger partial charge in [-0.15, -0.1) is 0 Å². The van der Waals surface area contributed by atoms with Crippen LogP contribution in [0.15, 0.2) is 48.5 Å². The zero-order valence-corrected chi connectivity index (χ0v) is 19.7. The van der Waals surface area contributed by atoms with Crippen molar-refractivity contribution in [3.63, 3.8) is 0 Å². The maximum atomic E-state index is 12.5. The molecule has 0 heterocycles. The number of sulfonamides is 1. The second-order valence-electron chi connectivity index (χ2n) is 7.76. The number of nitrogens with one attached hydrogen (secondary N) is 1. The van der Waals surface area contributed by atoms with Gasteiger partial charge in [0.15, 0.2) is 0 Å². The Morgan fingerprint density at radius 1 is 1.10 bits per heavy atom. The first-order chi connectivity index (χ1) is 14.8. The number of anilines is 1. The maximum absolute atomic E-state index is 12.5. The molecule has 0 aromatic heterocycles. The summed E-state index contributed by atoms with van der Waals surface area (Å²) in [5.74, 6) is 0.871. The van der Waals surface area contributed by atoms with Crippen molar-refractivity contribution in [2.24, 2.45) is 5.92 Å². The number of benzene rings is 2. The number of hydrogen-bond donors (Lipinski definition) is 1. The van der Waals surface area contributed by atoms with E-state index in [1.165, 1.54) is 24.1 Å². The summed E-state index contributed by atoms with van der Waals surface area (Å²) in [4.78, 5) is 12.5. The first-order valence-electron chi connectivity index (χ1n) is 10.8. The number of carbonyl (C=O) groups excluding carboxylic acids is 1. The molecule has 0 aliphatic heterocycles. The van der Waals surface area contributed by atoms with Crippen molar-refractivity contribution in [3.8, 4) is 5.75 Å². The summed E-state index contributed by atoms with van der Waals surface area (Å²) < 4.78 is 31.5. The highest BCUT2D eigenvalue weighted by Crippen LogP contribution is 2.30. The Labute approximate surface area is 186 Å². The SMILES string of the molecule is CCCC[C@H](CC)CNC(=O)c1ccc(CN(c2ccccc2OC)S(C)(=O)=O)cc1. The van der Waals surface area contributed by atoms with E-state index >= 15 is 0 Å². The van der Waals surface area contributed by atoms with E-state index in [4.69, 9.17) is 4.74 Å². The quantitative estimate of drug-likeness (QED) is 0.517. The molecule has 31 heavy (non-hydrogen) atoms. The second-order valence-corrected chi connectivity index (χ2v) is 9.67. The van der Waals surface area contributed by atoms with E-state index in [0.717, 1.165) is 24.8 Å². The number of para-hydroxylation sites is 2. The lowest BCUT2D eigenvalue weighted by molar-refractivity contribution is 0.0946. The summed E-state index contributed by atoms with van der Waals surface area (Å²) in [6, 6.07) is 14.1. The summed E-state index contributed by atoms with van der Waals surface area (Å²) in [7, 11) is -2.02. The molecule has 0 saturated heterocycles. The minimum atomic E-state index is -3.53. The van der Waals surface area contributed by atoms with Crippen molar-refractivity contribution < 1.29 is 17.9 Å². The molecule has 7 heteroatoms. The second kappa shape index (κ2) is 11.7. The molecule has 0 unspecified atom stereocenters. The van der Waals surface area contributed by atoms with Crippen LogP contribution >= 0.6 is 0 Å². The molecule has 0 spiro atoms. The Balaban J connectivity index is 2.10. The first kappa shape index (κ1) is 24.7. The average molecular weight is 447 g/mol. The predicted octanol–water partition coefficient (Wildman–Crippen LogP) is 4.61. The summed E-state index contributed by atoms with van der Waals surface area (Å²) >= 11 is 0. The Hall–Kier alpha value is -2.54. The van der Waals surface area contributed by atoms with Gasteiger partial charge in [0.2, 0.25) is 10.0 Å². The molecule has 0 fully saturated rings. The maximum Gasteiger partial charge on any atom is 0.251 e. The van der Waals surface area contributed by atoms with Gasteiger partial charge in [-0.1, -0.05) is 57.4 Å². The van der Waals surface area contributed by atoms with Crippen molar-refractivity contribution in [3.05, 3.63) is 59.7 Å². The van der Waals surface area contributed by atoms with Gasteiger partial charge in [0.25, 0.3) is 5.91 Å². The number of amides is 1. The number of carbonyl (C=O) groups is 1. The number of methoxy groups -OCH3 is 1. The molecule has 1 atom stereocenters. The number of hydrogen-bond acceptors (Lipinski definition) is 4. The van der Waals surface area contributed by atoms with E-state index in [1.54, 1.807) is 48.5 Å². The molecule has 2 rings (SSSR count). The molecule has 6 nitrogen and oxygen atoms in total. The molecule has 1 N–H and O–H groups in total.